The molecule has 114 valence electrons. The molecule has 0 fully saturated rings. The Hall–Kier alpha value is -1.02. The molecule has 2 N–H and O–H groups in total. The molecule has 10 heteroatoms. The molecule has 0 unspecified atom stereocenters. The minimum Gasteiger partial charge on any atom is -0.465 e. The molecule has 0 bridgehead atoms. The number of halogens is 4. The molecule has 1 rings (SSSR count). The van der Waals surface area contributed by atoms with E-state index in [1.165, 1.54) is 13.2 Å². The van der Waals surface area contributed by atoms with Crippen LogP contribution in [0.15, 0.2) is 22.7 Å². The fourth-order valence-electron chi connectivity index (χ4n) is 1.25. The highest BCUT2D eigenvalue weighted by atomic mass is 79.9. The molecule has 0 saturated carbocycles. The Labute approximate surface area is 143 Å². The predicted molar refractivity (Wildman–Crippen MR) is 82.9 cm³/mol. The van der Waals surface area contributed by atoms with Crippen LogP contribution in [-0.4, -0.2) is 28.8 Å². The second-order valence-corrected chi connectivity index (χ2v) is 6.70. The van der Waals surface area contributed by atoms with Crippen molar-refractivity contribution in [1.29, 1.82) is 0 Å². The highest BCUT2D eigenvalue weighted by Gasteiger charge is 2.32. The average Bonchev–Trinajstić information content (AvgIpc) is 2.39. The maximum Gasteiger partial charge on any atom is 0.340 e. The monoisotopic (exact) mass is 416 g/mol. The van der Waals surface area contributed by atoms with Crippen LogP contribution in [0.3, 0.4) is 0 Å². The maximum atomic E-state index is 11.7. The molecule has 0 aliphatic carbocycles. The zero-order valence-corrected chi connectivity index (χ0v) is 14.2. The van der Waals surface area contributed by atoms with E-state index in [-0.39, 0.29) is 11.3 Å². The maximum absolute atomic E-state index is 11.7. The molecule has 0 spiro atoms. The lowest BCUT2D eigenvalue weighted by Crippen LogP contribution is -2.41. The number of carbonyl (C=O) groups is 3. The number of anilines is 1. The van der Waals surface area contributed by atoms with Crippen LogP contribution in [0.5, 0.6) is 0 Å². The van der Waals surface area contributed by atoms with Crippen molar-refractivity contribution >= 4 is 74.3 Å². The minimum atomic E-state index is -2.28. The van der Waals surface area contributed by atoms with Gasteiger partial charge in [-0.2, -0.15) is 0 Å². The largest absolute Gasteiger partial charge is 0.465 e. The molecule has 0 aromatic heterocycles. The van der Waals surface area contributed by atoms with Crippen molar-refractivity contribution < 1.29 is 19.1 Å². The highest BCUT2D eigenvalue weighted by Crippen LogP contribution is 2.28. The van der Waals surface area contributed by atoms with Crippen LogP contribution in [0.1, 0.15) is 10.4 Å². The molecule has 0 atom stereocenters. The number of para-hydroxylation sites is 1. The van der Waals surface area contributed by atoms with Gasteiger partial charge in [-0.25, -0.2) is 9.59 Å². The third-order valence-electron chi connectivity index (χ3n) is 2.14. The van der Waals surface area contributed by atoms with Crippen LogP contribution in [0.4, 0.5) is 10.5 Å². The van der Waals surface area contributed by atoms with Crippen LogP contribution < -0.4 is 10.6 Å². The quantitative estimate of drug-likeness (QED) is 0.570. The number of methoxy groups -OCH3 is 1. The van der Waals surface area contributed by atoms with Crippen molar-refractivity contribution in [2.45, 2.75) is 3.79 Å². The Morgan fingerprint density at radius 3 is 2.38 bits per heavy atom. The van der Waals surface area contributed by atoms with Gasteiger partial charge in [0.15, 0.2) is 0 Å². The summed E-state index contributed by atoms with van der Waals surface area (Å²) < 4.78 is 2.71. The van der Waals surface area contributed by atoms with Crippen molar-refractivity contribution in [3.8, 4) is 0 Å². The fourth-order valence-corrected chi connectivity index (χ4v) is 1.86. The van der Waals surface area contributed by atoms with E-state index in [0.717, 1.165) is 0 Å². The number of carbonyl (C=O) groups excluding carboxylic acids is 3. The Balaban J connectivity index is 2.95. The van der Waals surface area contributed by atoms with Crippen LogP contribution in [0.2, 0.25) is 0 Å². The van der Waals surface area contributed by atoms with E-state index in [1.807, 2.05) is 5.32 Å². The normalized spacial score (nSPS) is 10.7. The van der Waals surface area contributed by atoms with Gasteiger partial charge >= 0.3 is 12.0 Å². The molecule has 0 saturated heterocycles. The van der Waals surface area contributed by atoms with E-state index in [9.17, 15) is 14.4 Å². The zero-order valence-electron chi connectivity index (χ0n) is 10.4. The van der Waals surface area contributed by atoms with Crippen LogP contribution in [0, 0.1) is 0 Å². The summed E-state index contributed by atoms with van der Waals surface area (Å²) in [7, 11) is 1.19. The predicted octanol–water partition coefficient (Wildman–Crippen LogP) is 3.25. The van der Waals surface area contributed by atoms with Gasteiger partial charge in [0.05, 0.1) is 18.4 Å². The number of esters is 1. The second kappa shape index (κ2) is 7.31. The number of rotatable bonds is 2. The van der Waals surface area contributed by atoms with E-state index in [1.54, 1.807) is 12.1 Å². The third kappa shape index (κ3) is 5.03. The first-order chi connectivity index (χ1) is 9.66. The number of amides is 3. The highest BCUT2D eigenvalue weighted by molar-refractivity contribution is 9.10. The fraction of sp³-hybridized carbons (Fsp3) is 0.182. The second-order valence-electron chi connectivity index (χ2n) is 3.56. The van der Waals surface area contributed by atoms with E-state index in [2.05, 4.69) is 26.0 Å². The number of urea groups is 1. The summed E-state index contributed by atoms with van der Waals surface area (Å²) in [5.41, 5.74) is 0.197. The molecular weight excluding hydrogens is 410 g/mol. The lowest BCUT2D eigenvalue weighted by Gasteiger charge is -2.14. The first-order valence-corrected chi connectivity index (χ1v) is 7.15. The molecule has 3 amide bonds. The molecule has 0 radical (unpaired) electrons. The molecular formula is C11H8BrCl3N2O4. The number of hydrogen-bond donors (Lipinski definition) is 2. The van der Waals surface area contributed by atoms with Crippen molar-refractivity contribution in [3.63, 3.8) is 0 Å². The molecule has 0 heterocycles. The first kappa shape index (κ1) is 18.0. The lowest BCUT2D eigenvalue weighted by molar-refractivity contribution is -0.119. The van der Waals surface area contributed by atoms with Crippen molar-refractivity contribution in [2.24, 2.45) is 0 Å². The molecule has 6 nitrogen and oxygen atoms in total. The topological polar surface area (TPSA) is 84.5 Å². The summed E-state index contributed by atoms with van der Waals surface area (Å²) in [6.07, 6.45) is 0. The minimum absolute atomic E-state index is 0.0864. The first-order valence-electron chi connectivity index (χ1n) is 5.22. The van der Waals surface area contributed by atoms with Crippen LogP contribution >= 0.6 is 50.7 Å². The summed E-state index contributed by atoms with van der Waals surface area (Å²) in [5.74, 6) is -1.80. The third-order valence-corrected chi connectivity index (χ3v) is 3.32. The van der Waals surface area contributed by atoms with Gasteiger partial charge in [-0.15, -0.1) is 0 Å². The van der Waals surface area contributed by atoms with E-state index in [4.69, 9.17) is 34.8 Å². The average molecular weight is 418 g/mol. The van der Waals surface area contributed by atoms with E-state index >= 15 is 0 Å². The molecule has 1 aromatic carbocycles. The van der Waals surface area contributed by atoms with Gasteiger partial charge in [-0.3, -0.25) is 10.1 Å². The summed E-state index contributed by atoms with van der Waals surface area (Å²) >= 11 is 19.1. The lowest BCUT2D eigenvalue weighted by atomic mass is 10.2. The molecule has 0 aliphatic heterocycles. The van der Waals surface area contributed by atoms with Crippen molar-refractivity contribution in [2.75, 3.05) is 12.4 Å². The summed E-state index contributed by atoms with van der Waals surface area (Å²) in [5, 5.41) is 4.12. The van der Waals surface area contributed by atoms with Gasteiger partial charge in [0.25, 0.3) is 9.70 Å². The van der Waals surface area contributed by atoms with Gasteiger partial charge in [0.1, 0.15) is 0 Å². The number of alkyl halides is 3. The molecule has 1 aromatic rings. The SMILES string of the molecule is COC(=O)c1cccc(Br)c1NC(=O)NC(=O)C(Cl)(Cl)Cl. The Morgan fingerprint density at radius 1 is 1.24 bits per heavy atom. The molecule has 21 heavy (non-hydrogen) atoms. The number of hydrogen-bond acceptors (Lipinski definition) is 4. The number of nitrogens with one attached hydrogen (secondary N) is 2. The van der Waals surface area contributed by atoms with Crippen LogP contribution in [0.25, 0.3) is 0 Å². The number of imide groups is 1. The van der Waals surface area contributed by atoms with Gasteiger partial charge < -0.3 is 10.1 Å². The Morgan fingerprint density at radius 2 is 1.86 bits per heavy atom. The van der Waals surface area contributed by atoms with E-state index < -0.39 is 21.7 Å². The number of ether oxygens (including phenoxy) is 1. The van der Waals surface area contributed by atoms with Gasteiger partial charge in [-0.1, -0.05) is 40.9 Å². The Bertz CT molecular complexity index is 589. The zero-order chi connectivity index (χ0) is 16.2. The van der Waals surface area contributed by atoms with Gasteiger partial charge in [0, 0.05) is 4.47 Å². The Kier molecular flexibility index (Phi) is 6.27. The van der Waals surface area contributed by atoms with Gasteiger partial charge in [-0.05, 0) is 28.1 Å². The smallest absolute Gasteiger partial charge is 0.340 e. The van der Waals surface area contributed by atoms with Gasteiger partial charge in [0.2, 0.25) is 0 Å². The number of benzene rings is 1. The van der Waals surface area contributed by atoms with E-state index in [0.29, 0.717) is 4.47 Å². The standard InChI is InChI=1S/C11H8BrCl3N2O4/c1-21-8(18)5-3-2-4-6(12)7(5)16-10(20)17-9(19)11(13,14)15/h2-4H,1H3,(H2,16,17,19,20). The van der Waals surface area contributed by atoms with Crippen LogP contribution in [-0.2, 0) is 9.53 Å². The molecule has 0 aliphatic rings. The summed E-state index contributed by atoms with van der Waals surface area (Å²) in [6, 6.07) is 3.62. The van der Waals surface area contributed by atoms with Crippen molar-refractivity contribution in [3.05, 3.63) is 28.2 Å². The summed E-state index contributed by atoms with van der Waals surface area (Å²) in [6.45, 7) is 0. The van der Waals surface area contributed by atoms with Crippen molar-refractivity contribution in [1.82, 2.24) is 5.32 Å². The summed E-state index contributed by atoms with van der Waals surface area (Å²) in [4.78, 5) is 34.7.